The monoisotopic (exact) mass is 1650 g/mol. The van der Waals surface area contributed by atoms with Crippen LogP contribution in [0, 0.1) is 0 Å². The number of anilines is 6. The maximum Gasteiger partial charge on any atom is 0.174 e. The smallest absolute Gasteiger partial charge is 0.174 e. The Balaban J connectivity index is 0.000000150. The van der Waals surface area contributed by atoms with Crippen molar-refractivity contribution in [2.75, 3.05) is 9.80 Å². The highest BCUT2D eigenvalue weighted by Gasteiger charge is 2.43. The van der Waals surface area contributed by atoms with Crippen LogP contribution in [0.5, 0.6) is 0 Å². The third kappa shape index (κ3) is 12.9. The third-order valence-electron chi connectivity index (χ3n) is 27.7. The molecule has 2 aliphatic carbocycles. The molecular weight excluding hydrogens is 1560 g/mol. The van der Waals surface area contributed by atoms with Gasteiger partial charge in [-0.3, -0.25) is 0 Å². The van der Waals surface area contributed by atoms with Gasteiger partial charge in [-0.25, -0.2) is 0 Å². The number of hydrogen-bond acceptors (Lipinski definition) is 6. The van der Waals surface area contributed by atoms with Crippen molar-refractivity contribution < 1.29 is 8.98 Å². The van der Waals surface area contributed by atoms with Gasteiger partial charge >= 0.3 is 0 Å². The molecule has 18 aromatic rings. The highest BCUT2D eigenvalue weighted by Crippen LogP contribution is 2.57. The van der Waals surface area contributed by atoms with E-state index in [0.29, 0.717) is 5.58 Å². The van der Waals surface area contributed by atoms with Gasteiger partial charge in [-0.15, -0.1) is 11.3 Å². The van der Waals surface area contributed by atoms with Crippen LogP contribution in [0.1, 0.15) is 136 Å². The van der Waals surface area contributed by atoms with Crippen LogP contribution in [-0.2, 0) is 38.0 Å². The molecule has 0 N–H and O–H groups in total. The third-order valence-corrected chi connectivity index (χ3v) is 37.0. The number of fused-ring (bicyclic) bond motifs is 10. The van der Waals surface area contributed by atoms with E-state index in [-0.39, 0.29) is 21.7 Å². The summed E-state index contributed by atoms with van der Waals surface area (Å²) in [7, 11) is -3.36. The lowest BCUT2D eigenvalue weighted by Crippen LogP contribution is -2.31. The van der Waals surface area contributed by atoms with Gasteiger partial charge in [-0.1, -0.05) is 381 Å². The van der Waals surface area contributed by atoms with Gasteiger partial charge in [0.2, 0.25) is 0 Å². The zero-order valence-electron chi connectivity index (χ0n) is 69.4. The Morgan fingerprint density at radius 3 is 1.07 bits per heavy atom. The lowest BCUT2D eigenvalue weighted by atomic mass is 9.65. The van der Waals surface area contributed by atoms with Gasteiger partial charge < -0.3 is 18.8 Å². The Hall–Kier alpha value is -12.0. The first kappa shape index (κ1) is 77.4. The van der Waals surface area contributed by atoms with E-state index in [1.54, 1.807) is 0 Å². The topological polar surface area (TPSA) is 36.7 Å². The van der Waals surface area contributed by atoms with Crippen LogP contribution in [0.15, 0.2) is 393 Å². The van der Waals surface area contributed by atoms with Gasteiger partial charge in [0.25, 0.3) is 0 Å². The van der Waals surface area contributed by atoms with Crippen LogP contribution in [0.3, 0.4) is 0 Å². The first-order chi connectivity index (χ1) is 59.7. The molecular formula is C114H96N2O2P2S2. The van der Waals surface area contributed by atoms with E-state index in [0.717, 1.165) is 69.1 Å². The minimum atomic E-state index is -3.36. The Morgan fingerprint density at radius 2 is 0.648 bits per heavy atom. The normalized spacial score (nSPS) is 15.7. The molecule has 122 heavy (non-hydrogen) atoms. The molecule has 2 saturated carbocycles. The maximum absolute atomic E-state index is 16.0. The largest absolute Gasteiger partial charge is 0.455 e. The summed E-state index contributed by atoms with van der Waals surface area (Å²) in [6.45, 7) is 9.39. The van der Waals surface area contributed by atoms with Crippen molar-refractivity contribution >= 4 is 144 Å². The molecule has 0 atom stereocenters. The summed E-state index contributed by atoms with van der Waals surface area (Å²) >= 11 is 8.92. The van der Waals surface area contributed by atoms with Crippen LogP contribution in [0.2, 0.25) is 0 Å². The summed E-state index contributed by atoms with van der Waals surface area (Å²) in [5.41, 5.74) is 24.2. The average Bonchev–Trinajstić information content (AvgIpc) is 1.72. The van der Waals surface area contributed by atoms with E-state index in [4.69, 9.17) is 16.2 Å². The Kier molecular flexibility index (Phi) is 19.8. The van der Waals surface area contributed by atoms with Crippen LogP contribution in [0.25, 0.3) is 64.4 Å². The Morgan fingerprint density at radius 1 is 0.311 bits per heavy atom. The lowest BCUT2D eigenvalue weighted by Gasteiger charge is -2.42. The van der Waals surface area contributed by atoms with Crippen molar-refractivity contribution in [1.82, 2.24) is 0 Å². The Labute approximate surface area is 726 Å². The van der Waals surface area contributed by atoms with E-state index in [1.807, 2.05) is 90.2 Å². The second kappa shape index (κ2) is 31.2. The summed E-state index contributed by atoms with van der Waals surface area (Å²) < 4.78 is 25.2. The minimum Gasteiger partial charge on any atom is -0.455 e. The molecule has 2 aliphatic heterocycles. The van der Waals surface area contributed by atoms with Gasteiger partial charge in [0.1, 0.15) is 11.2 Å². The highest BCUT2D eigenvalue weighted by atomic mass is 32.4. The summed E-state index contributed by atoms with van der Waals surface area (Å²) in [4.78, 5) is 4.92. The number of benzene rings is 16. The molecule has 16 aromatic carbocycles. The van der Waals surface area contributed by atoms with E-state index in [1.165, 1.54) is 164 Å². The molecule has 0 saturated heterocycles. The molecule has 0 unspecified atom stereocenters. The van der Waals surface area contributed by atoms with Gasteiger partial charge in [0.05, 0.1) is 28.1 Å². The second-order valence-corrected chi connectivity index (χ2v) is 43.2. The van der Waals surface area contributed by atoms with Crippen molar-refractivity contribution in [2.45, 2.75) is 114 Å². The fraction of sp³-hybridized carbons (Fsp3) is 0.158. The van der Waals surface area contributed by atoms with E-state index in [2.05, 4.69) is 347 Å². The fourth-order valence-corrected chi connectivity index (χ4v) is 29.9. The summed E-state index contributed by atoms with van der Waals surface area (Å²) in [6.07, 6.45) is 12.0. The zero-order chi connectivity index (χ0) is 82.4. The summed E-state index contributed by atoms with van der Waals surface area (Å²) in [5, 5.41) is 10.6. The first-order valence-corrected chi connectivity index (χ1v) is 48.8. The Bertz CT molecular complexity index is 6450. The molecule has 8 heteroatoms. The molecule has 4 nitrogen and oxygen atoms in total. The number of rotatable bonds is 14. The van der Waals surface area contributed by atoms with Gasteiger partial charge in [-0.2, -0.15) is 0 Å². The lowest BCUT2D eigenvalue weighted by molar-refractivity contribution is 0.346. The molecule has 4 heterocycles. The molecule has 0 radical (unpaired) electrons. The van der Waals surface area contributed by atoms with E-state index < -0.39 is 13.2 Å². The van der Waals surface area contributed by atoms with Crippen molar-refractivity contribution in [1.29, 1.82) is 0 Å². The molecule has 596 valence electrons. The van der Waals surface area contributed by atoms with Gasteiger partial charge in [0.15, 0.2) is 7.14 Å². The van der Waals surface area contributed by atoms with Crippen LogP contribution >= 0.6 is 24.5 Å². The zero-order valence-corrected chi connectivity index (χ0v) is 72.9. The van der Waals surface area contributed by atoms with Crippen molar-refractivity contribution in [3.8, 4) is 22.3 Å². The quantitative estimate of drug-likeness (QED) is 0.101. The molecule has 0 amide bonds. The molecule has 2 aromatic heterocycles. The van der Waals surface area contributed by atoms with Crippen molar-refractivity contribution in [3.63, 3.8) is 0 Å². The van der Waals surface area contributed by atoms with Crippen molar-refractivity contribution in [3.05, 3.63) is 433 Å². The minimum absolute atomic E-state index is 0.0321. The first-order valence-electron chi connectivity index (χ1n) is 43.5. The average molecular weight is 1650 g/mol. The predicted octanol–water partition coefficient (Wildman–Crippen LogP) is 29.1. The van der Waals surface area contributed by atoms with Gasteiger partial charge in [0, 0.05) is 85.9 Å². The second-order valence-electron chi connectivity index (χ2n) is 35.0. The van der Waals surface area contributed by atoms with Gasteiger partial charge in [-0.05, 0) is 188 Å². The van der Waals surface area contributed by atoms with Crippen LogP contribution < -0.4 is 41.6 Å². The fourth-order valence-electron chi connectivity index (χ4n) is 21.3. The maximum atomic E-state index is 16.0. The number of hydrogen-bond donors (Lipinski definition) is 0. The van der Waals surface area contributed by atoms with E-state index >= 15 is 4.57 Å². The SMILES string of the molecule is CC1(C)c2ccccc2N(c2ccc(C3(c4ccc(-c5cc(P(=O)(c6ccccc6)c6ccccc6)c6oc7ccccc7c6c5)cc4)CCCCC3)cc2)c2ccccc21.CC1(C)c2ccccc2N(c2ccc(C3(c4ccc(-c5cc(P(=S)(c6ccccc6)c6ccccc6)c6sc7ccccc7c6c5)cc4)CCCCC3)cc2)c2ccccc21. The number of thiophene rings is 1. The summed E-state index contributed by atoms with van der Waals surface area (Å²) in [6, 6.07) is 139. The molecule has 0 spiro atoms. The van der Waals surface area contributed by atoms with E-state index in [9.17, 15) is 0 Å². The number of furan rings is 1. The number of para-hydroxylation sites is 5. The van der Waals surface area contributed by atoms with Crippen LogP contribution in [0.4, 0.5) is 34.1 Å². The standard InChI is InChI=1S/C57H48NO2P.C57H48NPS2/c1-56(2)49-23-11-13-25-51(49)58(52-26-14-12-24-50(52)56)44-34-32-43(33-35-44)57(36-16-5-17-37-57)42-30-28-40(29-31-42)41-38-48-47-22-10-15-27-53(47)60-55(48)54(39-41)61(59,45-18-6-3-7-19-45)46-20-8-4-9-21-46;1-56(2)49-23-11-13-25-51(49)58(52-26-14-12-24-50(52)56)44-34-32-43(33-35-44)57(36-16-5-17-37-57)42-30-28-40(29-31-42)41-38-48-47-22-10-15-27-54(47)61-55(48)53(39-41)59(60,45-18-6-3-7-19-45)46-20-8-4-9-21-46/h2*3-4,6-15,18-35,38-39H,5,16-17,36-37H2,1-2H3. The molecule has 22 rings (SSSR count). The molecule has 0 bridgehead atoms. The number of nitrogens with zero attached hydrogens (tertiary/aromatic N) is 2. The predicted molar refractivity (Wildman–Crippen MR) is 524 cm³/mol. The van der Waals surface area contributed by atoms with Crippen molar-refractivity contribution in [2.24, 2.45) is 0 Å². The summed E-state index contributed by atoms with van der Waals surface area (Å²) in [5.74, 6) is 0. The molecule has 2 fully saturated rings. The molecule has 4 aliphatic rings. The van der Waals surface area contributed by atoms with Crippen LogP contribution in [-0.4, -0.2) is 0 Å². The highest BCUT2D eigenvalue weighted by molar-refractivity contribution is 8.25.